The lowest BCUT2D eigenvalue weighted by Crippen LogP contribution is -2.32. The van der Waals surface area contributed by atoms with Crippen LogP contribution in [-0.4, -0.2) is 19.7 Å². The SMILES string of the molecule is Fc1ccccc1[C@H]1C2=C(Nc3ncnn31)c1cc(Cl)ccc1O[C@@H]2c1ccncc1. The lowest BCUT2D eigenvalue weighted by Gasteiger charge is -2.39. The van der Waals surface area contributed by atoms with Gasteiger partial charge in [-0.15, -0.1) is 0 Å². The summed E-state index contributed by atoms with van der Waals surface area (Å²) < 4.78 is 23.2. The van der Waals surface area contributed by atoms with E-state index in [4.69, 9.17) is 16.3 Å². The van der Waals surface area contributed by atoms with Crippen LogP contribution < -0.4 is 10.1 Å². The molecule has 0 spiro atoms. The predicted molar refractivity (Wildman–Crippen MR) is 114 cm³/mol. The zero-order valence-electron chi connectivity index (χ0n) is 16.0. The number of rotatable bonds is 2. The number of hydrogen-bond donors (Lipinski definition) is 1. The first-order valence-corrected chi connectivity index (χ1v) is 10.1. The van der Waals surface area contributed by atoms with E-state index in [2.05, 4.69) is 20.4 Å². The second-order valence-electron chi connectivity index (χ2n) is 7.33. The van der Waals surface area contributed by atoms with Crippen LogP contribution in [0.5, 0.6) is 5.75 Å². The molecular weight excluding hydrogens is 417 g/mol. The minimum Gasteiger partial charge on any atom is -0.480 e. The third-order valence-electron chi connectivity index (χ3n) is 5.58. The number of ether oxygens (including phenoxy) is 1. The molecule has 0 unspecified atom stereocenters. The van der Waals surface area contributed by atoms with E-state index in [1.165, 1.54) is 12.4 Å². The normalized spacial score (nSPS) is 19.0. The van der Waals surface area contributed by atoms with E-state index < -0.39 is 12.1 Å². The monoisotopic (exact) mass is 431 g/mol. The lowest BCUT2D eigenvalue weighted by atomic mass is 9.84. The molecule has 6 nitrogen and oxygen atoms in total. The van der Waals surface area contributed by atoms with Gasteiger partial charge in [-0.3, -0.25) is 4.98 Å². The summed E-state index contributed by atoms with van der Waals surface area (Å²) in [7, 11) is 0. The van der Waals surface area contributed by atoms with Crippen LogP contribution in [0, 0.1) is 5.82 Å². The third-order valence-corrected chi connectivity index (χ3v) is 5.82. The zero-order chi connectivity index (χ0) is 20.9. The van der Waals surface area contributed by atoms with E-state index in [9.17, 15) is 0 Å². The molecule has 2 aliphatic heterocycles. The maximum atomic E-state index is 15.0. The van der Waals surface area contributed by atoms with Gasteiger partial charge in [0.25, 0.3) is 0 Å². The summed E-state index contributed by atoms with van der Waals surface area (Å²) in [5.41, 5.74) is 3.79. The molecular formula is C23H15ClFN5O. The van der Waals surface area contributed by atoms with Gasteiger partial charge in [-0.05, 0) is 42.0 Å². The van der Waals surface area contributed by atoms with Crippen LogP contribution in [0.4, 0.5) is 10.3 Å². The minimum atomic E-state index is -0.555. The van der Waals surface area contributed by atoms with Gasteiger partial charge in [0.1, 0.15) is 30.0 Å². The summed E-state index contributed by atoms with van der Waals surface area (Å²) in [4.78, 5) is 8.47. The molecule has 0 aliphatic carbocycles. The van der Waals surface area contributed by atoms with Crippen LogP contribution in [0.1, 0.15) is 28.8 Å². The minimum absolute atomic E-state index is 0.326. The van der Waals surface area contributed by atoms with Crippen LogP contribution in [0.15, 0.2) is 78.9 Å². The van der Waals surface area contributed by atoms with Gasteiger partial charge >= 0.3 is 0 Å². The molecule has 8 heteroatoms. The summed E-state index contributed by atoms with van der Waals surface area (Å²) in [6.07, 6.45) is 4.40. The maximum Gasteiger partial charge on any atom is 0.226 e. The van der Waals surface area contributed by atoms with Gasteiger partial charge in [0.05, 0.1) is 5.70 Å². The Balaban J connectivity index is 1.67. The molecule has 2 aromatic heterocycles. The summed E-state index contributed by atoms with van der Waals surface area (Å²) in [5, 5.41) is 8.35. The Labute approximate surface area is 182 Å². The maximum absolute atomic E-state index is 15.0. The van der Waals surface area contributed by atoms with Crippen LogP contribution >= 0.6 is 11.6 Å². The van der Waals surface area contributed by atoms with Gasteiger partial charge < -0.3 is 10.1 Å². The summed E-state index contributed by atoms with van der Waals surface area (Å²) >= 11 is 6.31. The molecule has 0 bridgehead atoms. The van der Waals surface area contributed by atoms with Crippen molar-refractivity contribution in [2.75, 3.05) is 5.32 Å². The Morgan fingerprint density at radius 3 is 2.74 bits per heavy atom. The van der Waals surface area contributed by atoms with Gasteiger partial charge in [0, 0.05) is 34.1 Å². The molecule has 0 radical (unpaired) electrons. The van der Waals surface area contributed by atoms with Crippen molar-refractivity contribution < 1.29 is 9.13 Å². The first-order valence-electron chi connectivity index (χ1n) is 9.72. The molecule has 2 atom stereocenters. The molecule has 0 fully saturated rings. The Hall–Kier alpha value is -3.71. The molecule has 0 amide bonds. The van der Waals surface area contributed by atoms with Crippen LogP contribution in [0.25, 0.3) is 5.70 Å². The lowest BCUT2D eigenvalue weighted by molar-refractivity contribution is 0.222. The van der Waals surface area contributed by atoms with Gasteiger partial charge in [0.2, 0.25) is 5.95 Å². The summed E-state index contributed by atoms with van der Waals surface area (Å²) in [5.74, 6) is 0.874. The fourth-order valence-corrected chi connectivity index (χ4v) is 4.42. The van der Waals surface area contributed by atoms with E-state index >= 15 is 4.39 Å². The number of hydrogen-bond acceptors (Lipinski definition) is 5. The number of fused-ring (bicyclic) bond motifs is 3. The highest BCUT2D eigenvalue weighted by Gasteiger charge is 2.41. The molecule has 2 aliphatic rings. The van der Waals surface area contributed by atoms with Crippen molar-refractivity contribution in [2.45, 2.75) is 12.1 Å². The predicted octanol–water partition coefficient (Wildman–Crippen LogP) is 5.03. The number of benzene rings is 2. The first kappa shape index (κ1) is 18.1. The summed E-state index contributed by atoms with van der Waals surface area (Å²) in [6.45, 7) is 0. The highest BCUT2D eigenvalue weighted by molar-refractivity contribution is 6.30. The van der Waals surface area contributed by atoms with Crippen molar-refractivity contribution in [1.29, 1.82) is 0 Å². The molecule has 2 aromatic carbocycles. The molecule has 4 heterocycles. The van der Waals surface area contributed by atoms with Gasteiger partial charge in [-0.1, -0.05) is 29.8 Å². The third kappa shape index (κ3) is 2.81. The molecule has 6 rings (SSSR count). The van der Waals surface area contributed by atoms with E-state index in [1.54, 1.807) is 35.3 Å². The van der Waals surface area contributed by atoms with Crippen LogP contribution in [-0.2, 0) is 0 Å². The first-order chi connectivity index (χ1) is 15.2. The number of nitrogens with one attached hydrogen (secondary N) is 1. The molecule has 0 saturated carbocycles. The number of nitrogens with zero attached hydrogens (tertiary/aromatic N) is 4. The van der Waals surface area contributed by atoms with Crippen molar-refractivity contribution in [3.63, 3.8) is 0 Å². The van der Waals surface area contributed by atoms with Crippen molar-refractivity contribution >= 4 is 23.2 Å². The van der Waals surface area contributed by atoms with Crippen molar-refractivity contribution in [3.05, 3.63) is 106 Å². The van der Waals surface area contributed by atoms with Crippen LogP contribution in [0.3, 0.4) is 0 Å². The van der Waals surface area contributed by atoms with Gasteiger partial charge in [0.15, 0.2) is 0 Å². The number of aromatic nitrogens is 4. The standard InChI is InChI=1S/C23H15ClFN5O/c24-14-5-6-18-16(11-14)20-19(22(31-18)13-7-9-26-10-8-13)21(15-3-1-2-4-17(15)25)30-23(29-20)27-12-28-30/h1-12,21-22H,(H,27,28,29)/t21-,22+/m0/s1. The van der Waals surface area contributed by atoms with Crippen molar-refractivity contribution in [1.82, 2.24) is 19.7 Å². The van der Waals surface area contributed by atoms with Crippen LogP contribution in [0.2, 0.25) is 5.02 Å². The molecule has 1 N–H and O–H groups in total. The average molecular weight is 432 g/mol. The van der Waals surface area contributed by atoms with E-state index in [0.717, 1.165) is 22.4 Å². The Morgan fingerprint density at radius 1 is 1.06 bits per heavy atom. The van der Waals surface area contributed by atoms with E-state index in [0.29, 0.717) is 22.3 Å². The Kier molecular flexibility index (Phi) is 4.04. The highest BCUT2D eigenvalue weighted by atomic mass is 35.5. The summed E-state index contributed by atoms with van der Waals surface area (Å²) in [6, 6.07) is 15.4. The topological polar surface area (TPSA) is 64.9 Å². The fraction of sp³-hybridized carbons (Fsp3) is 0.0870. The fourth-order valence-electron chi connectivity index (χ4n) is 4.25. The number of pyridine rings is 1. The Bertz CT molecular complexity index is 1340. The second kappa shape index (κ2) is 6.92. The molecule has 152 valence electrons. The largest absolute Gasteiger partial charge is 0.480 e. The van der Waals surface area contributed by atoms with Gasteiger partial charge in [-0.25, -0.2) is 9.07 Å². The highest BCUT2D eigenvalue weighted by Crippen LogP contribution is 2.51. The molecule has 4 aromatic rings. The number of halogens is 2. The van der Waals surface area contributed by atoms with E-state index in [1.807, 2.05) is 30.3 Å². The Morgan fingerprint density at radius 2 is 1.90 bits per heavy atom. The molecule has 0 saturated heterocycles. The van der Waals surface area contributed by atoms with E-state index in [-0.39, 0.29) is 5.82 Å². The molecule has 31 heavy (non-hydrogen) atoms. The second-order valence-corrected chi connectivity index (χ2v) is 7.76. The average Bonchev–Trinajstić information content (AvgIpc) is 3.27. The smallest absolute Gasteiger partial charge is 0.226 e. The van der Waals surface area contributed by atoms with Gasteiger partial charge in [-0.2, -0.15) is 10.1 Å². The van der Waals surface area contributed by atoms with Crippen molar-refractivity contribution in [2.24, 2.45) is 0 Å². The van der Waals surface area contributed by atoms with Crippen molar-refractivity contribution in [3.8, 4) is 5.75 Å². The number of anilines is 1. The zero-order valence-corrected chi connectivity index (χ0v) is 16.8. The quantitative estimate of drug-likeness (QED) is 0.482.